The molecule has 140 valence electrons. The summed E-state index contributed by atoms with van der Waals surface area (Å²) in [5.74, 6) is 0.432. The van der Waals surface area contributed by atoms with E-state index in [1.54, 1.807) is 0 Å². The van der Waals surface area contributed by atoms with Crippen molar-refractivity contribution < 1.29 is 5.11 Å². The molecule has 2 atom stereocenters. The van der Waals surface area contributed by atoms with Crippen molar-refractivity contribution in [2.75, 3.05) is 6.54 Å². The minimum atomic E-state index is 0.320. The van der Waals surface area contributed by atoms with E-state index in [1.165, 1.54) is 28.7 Å². The van der Waals surface area contributed by atoms with Gasteiger partial charge in [-0.05, 0) is 74.4 Å². The van der Waals surface area contributed by atoms with Crippen molar-refractivity contribution in [3.05, 3.63) is 63.7 Å². The second kappa shape index (κ2) is 8.24. The minimum Gasteiger partial charge on any atom is -0.507 e. The second-order valence-corrected chi connectivity index (χ2v) is 7.68. The lowest BCUT2D eigenvalue weighted by molar-refractivity contribution is 0.303. The lowest BCUT2D eigenvalue weighted by Gasteiger charge is -2.34. The number of phenolic OH excluding ortho intramolecular Hbond substituents is 1. The summed E-state index contributed by atoms with van der Waals surface area (Å²) >= 11 is 0. The molecular formula is C23H32N2O. The number of nitrogens with one attached hydrogen (secondary N) is 2. The highest BCUT2D eigenvalue weighted by Gasteiger charge is 2.26. The van der Waals surface area contributed by atoms with Crippen molar-refractivity contribution >= 4 is 0 Å². The van der Waals surface area contributed by atoms with Crippen LogP contribution in [0.5, 0.6) is 5.75 Å². The Balaban J connectivity index is 1.77. The zero-order chi connectivity index (χ0) is 18.7. The Morgan fingerprint density at radius 1 is 1.08 bits per heavy atom. The highest BCUT2D eigenvalue weighted by Crippen LogP contribution is 2.28. The number of aromatic hydroxyl groups is 1. The summed E-state index contributed by atoms with van der Waals surface area (Å²) in [5, 5.41) is 17.9. The van der Waals surface area contributed by atoms with E-state index in [2.05, 4.69) is 61.7 Å². The molecule has 2 aromatic rings. The van der Waals surface area contributed by atoms with Gasteiger partial charge in [-0.25, -0.2) is 0 Å². The fourth-order valence-corrected chi connectivity index (χ4v) is 3.93. The maximum Gasteiger partial charge on any atom is 0.122 e. The Morgan fingerprint density at radius 2 is 1.88 bits per heavy atom. The van der Waals surface area contributed by atoms with Gasteiger partial charge in [-0.3, -0.25) is 0 Å². The van der Waals surface area contributed by atoms with Gasteiger partial charge in [0.25, 0.3) is 0 Å². The highest BCUT2D eigenvalue weighted by atomic mass is 16.3. The fourth-order valence-electron chi connectivity index (χ4n) is 3.93. The molecule has 0 aliphatic carbocycles. The molecule has 0 bridgehead atoms. The second-order valence-electron chi connectivity index (χ2n) is 7.68. The molecule has 3 rings (SSSR count). The predicted octanol–water partition coefficient (Wildman–Crippen LogP) is 4.46. The van der Waals surface area contributed by atoms with Gasteiger partial charge in [-0.1, -0.05) is 37.3 Å². The van der Waals surface area contributed by atoms with Gasteiger partial charge in [0.1, 0.15) is 5.75 Å². The zero-order valence-electron chi connectivity index (χ0n) is 16.5. The summed E-state index contributed by atoms with van der Waals surface area (Å²) in [4.78, 5) is 0. The standard InChI is InChI=1S/C23H32N2O/c1-5-18-11-17(4)23(26)20(13-18)14-25-21-7-6-10-24-22(21)19-9-8-15(2)16(3)12-19/h8-9,11-13,21-22,24-26H,5-7,10,14H2,1-4H3. The number of phenols is 1. The number of rotatable bonds is 5. The lowest BCUT2D eigenvalue weighted by Crippen LogP contribution is -2.45. The summed E-state index contributed by atoms with van der Waals surface area (Å²) in [6, 6.07) is 11.7. The van der Waals surface area contributed by atoms with Crippen molar-refractivity contribution in [1.29, 1.82) is 0 Å². The van der Waals surface area contributed by atoms with E-state index in [0.29, 0.717) is 24.4 Å². The number of aryl methyl sites for hydroxylation is 4. The van der Waals surface area contributed by atoms with Gasteiger partial charge in [0, 0.05) is 24.2 Å². The molecule has 0 amide bonds. The molecule has 3 nitrogen and oxygen atoms in total. The third-order valence-corrected chi connectivity index (χ3v) is 5.75. The molecule has 0 spiro atoms. The van der Waals surface area contributed by atoms with Crippen LogP contribution in [0.2, 0.25) is 0 Å². The van der Waals surface area contributed by atoms with E-state index in [-0.39, 0.29) is 0 Å². The van der Waals surface area contributed by atoms with E-state index in [9.17, 15) is 5.11 Å². The van der Waals surface area contributed by atoms with Crippen molar-refractivity contribution in [2.45, 2.75) is 65.6 Å². The number of piperidine rings is 1. The lowest BCUT2D eigenvalue weighted by atomic mass is 9.90. The Morgan fingerprint density at radius 3 is 2.62 bits per heavy atom. The largest absolute Gasteiger partial charge is 0.507 e. The van der Waals surface area contributed by atoms with Crippen LogP contribution in [0.15, 0.2) is 30.3 Å². The third-order valence-electron chi connectivity index (χ3n) is 5.75. The van der Waals surface area contributed by atoms with Crippen LogP contribution < -0.4 is 10.6 Å². The van der Waals surface area contributed by atoms with Crippen LogP contribution in [0, 0.1) is 20.8 Å². The zero-order valence-corrected chi connectivity index (χ0v) is 16.5. The van der Waals surface area contributed by atoms with Crippen LogP contribution in [0.1, 0.15) is 59.2 Å². The van der Waals surface area contributed by atoms with Crippen molar-refractivity contribution in [3.63, 3.8) is 0 Å². The first kappa shape index (κ1) is 18.9. The molecule has 2 aromatic carbocycles. The SMILES string of the molecule is CCc1cc(C)c(O)c(CNC2CCCNC2c2ccc(C)c(C)c2)c1. The Labute approximate surface area is 157 Å². The van der Waals surface area contributed by atoms with Gasteiger partial charge in [0.05, 0.1) is 0 Å². The molecule has 1 aliphatic rings. The van der Waals surface area contributed by atoms with E-state index in [4.69, 9.17) is 0 Å². The van der Waals surface area contributed by atoms with Crippen molar-refractivity contribution in [3.8, 4) is 5.75 Å². The van der Waals surface area contributed by atoms with Gasteiger partial charge >= 0.3 is 0 Å². The first-order chi connectivity index (χ1) is 12.5. The molecule has 0 aromatic heterocycles. The summed E-state index contributed by atoms with van der Waals surface area (Å²) in [7, 11) is 0. The molecule has 3 N–H and O–H groups in total. The van der Waals surface area contributed by atoms with E-state index >= 15 is 0 Å². The molecular weight excluding hydrogens is 320 g/mol. The minimum absolute atomic E-state index is 0.320. The predicted molar refractivity (Wildman–Crippen MR) is 109 cm³/mol. The molecule has 1 saturated heterocycles. The average Bonchev–Trinajstić information content (AvgIpc) is 2.65. The quantitative estimate of drug-likeness (QED) is 0.744. The van der Waals surface area contributed by atoms with Gasteiger partial charge in [-0.2, -0.15) is 0 Å². The molecule has 1 heterocycles. The third kappa shape index (κ3) is 4.11. The van der Waals surface area contributed by atoms with Gasteiger partial charge in [0.15, 0.2) is 0 Å². The Bertz CT molecular complexity index is 769. The van der Waals surface area contributed by atoms with Crippen LogP contribution in [0.25, 0.3) is 0 Å². The molecule has 3 heteroatoms. The smallest absolute Gasteiger partial charge is 0.122 e. The number of hydrogen-bond acceptors (Lipinski definition) is 3. The molecule has 2 unspecified atom stereocenters. The molecule has 0 radical (unpaired) electrons. The van der Waals surface area contributed by atoms with Crippen LogP contribution in [0.3, 0.4) is 0 Å². The van der Waals surface area contributed by atoms with Gasteiger partial charge < -0.3 is 15.7 Å². The van der Waals surface area contributed by atoms with Crippen LogP contribution in [0.4, 0.5) is 0 Å². The maximum atomic E-state index is 10.4. The van der Waals surface area contributed by atoms with Gasteiger partial charge in [0.2, 0.25) is 0 Å². The van der Waals surface area contributed by atoms with Gasteiger partial charge in [-0.15, -0.1) is 0 Å². The highest BCUT2D eigenvalue weighted by molar-refractivity contribution is 5.43. The van der Waals surface area contributed by atoms with Crippen molar-refractivity contribution in [1.82, 2.24) is 10.6 Å². The van der Waals surface area contributed by atoms with E-state index < -0.39 is 0 Å². The monoisotopic (exact) mass is 352 g/mol. The van der Waals surface area contributed by atoms with E-state index in [1.807, 2.05) is 6.92 Å². The molecule has 26 heavy (non-hydrogen) atoms. The van der Waals surface area contributed by atoms with Crippen LogP contribution in [-0.2, 0) is 13.0 Å². The maximum absolute atomic E-state index is 10.4. The molecule has 1 aliphatic heterocycles. The summed E-state index contributed by atoms with van der Waals surface area (Å²) < 4.78 is 0. The summed E-state index contributed by atoms with van der Waals surface area (Å²) in [6.07, 6.45) is 3.32. The molecule has 1 fully saturated rings. The first-order valence-electron chi connectivity index (χ1n) is 9.85. The van der Waals surface area contributed by atoms with Crippen LogP contribution in [-0.4, -0.2) is 17.7 Å². The van der Waals surface area contributed by atoms with Crippen molar-refractivity contribution in [2.24, 2.45) is 0 Å². The number of benzene rings is 2. The number of hydrogen-bond donors (Lipinski definition) is 3. The molecule has 0 saturated carbocycles. The first-order valence-corrected chi connectivity index (χ1v) is 9.85. The topological polar surface area (TPSA) is 44.3 Å². The van der Waals surface area contributed by atoms with Crippen LogP contribution >= 0.6 is 0 Å². The Kier molecular flexibility index (Phi) is 6.00. The average molecular weight is 353 g/mol. The summed E-state index contributed by atoms with van der Waals surface area (Å²) in [5.41, 5.74) is 7.29. The summed E-state index contributed by atoms with van der Waals surface area (Å²) in [6.45, 7) is 10.2. The van der Waals surface area contributed by atoms with E-state index in [0.717, 1.165) is 30.5 Å². The fraction of sp³-hybridized carbons (Fsp3) is 0.478. The normalized spacial score (nSPS) is 20.3. The Hall–Kier alpha value is -1.84.